The van der Waals surface area contributed by atoms with Crippen molar-refractivity contribution in [3.05, 3.63) is 44.7 Å². The number of aromatic carboxylic acids is 1. The van der Waals surface area contributed by atoms with Gasteiger partial charge in [-0.25, -0.2) is 4.79 Å². The molecule has 2 heterocycles. The number of aromatic nitrogens is 4. The van der Waals surface area contributed by atoms with Crippen molar-refractivity contribution >= 4 is 17.7 Å². The van der Waals surface area contributed by atoms with Gasteiger partial charge in [0.15, 0.2) is 5.16 Å². The first-order chi connectivity index (χ1) is 8.99. The fraction of sp³-hybridized carbons (Fsp3) is 0.100. The Morgan fingerprint density at radius 1 is 1.47 bits per heavy atom. The second-order valence-corrected chi connectivity index (χ2v) is 4.49. The van der Waals surface area contributed by atoms with E-state index in [0.717, 1.165) is 11.8 Å². The number of pyridine rings is 1. The molecule has 19 heavy (non-hydrogen) atoms. The van der Waals surface area contributed by atoms with E-state index in [1.807, 2.05) is 0 Å². The first kappa shape index (κ1) is 13.0. The Kier molecular flexibility index (Phi) is 3.47. The maximum Gasteiger partial charge on any atom is 0.339 e. The Morgan fingerprint density at radius 2 is 2.21 bits per heavy atom. The summed E-state index contributed by atoms with van der Waals surface area (Å²) in [5, 5.41) is 11.5. The number of nitrogens with zero attached hydrogens (tertiary/aromatic N) is 3. The smallest absolute Gasteiger partial charge is 0.339 e. The van der Waals surface area contributed by atoms with Gasteiger partial charge in [0, 0.05) is 24.3 Å². The zero-order valence-electron chi connectivity index (χ0n) is 9.65. The summed E-state index contributed by atoms with van der Waals surface area (Å²) >= 11 is 0.953. The highest BCUT2D eigenvalue weighted by Crippen LogP contribution is 2.26. The third kappa shape index (κ3) is 2.71. The molecule has 0 bridgehead atoms. The quantitative estimate of drug-likeness (QED) is 0.742. The second kappa shape index (κ2) is 5.06. The number of aromatic amines is 1. The first-order valence-electron chi connectivity index (χ1n) is 5.01. The Balaban J connectivity index is 2.48. The number of aryl methyl sites for hydroxylation is 1. The van der Waals surface area contributed by atoms with Crippen LogP contribution in [0.3, 0.4) is 0 Å². The van der Waals surface area contributed by atoms with Gasteiger partial charge in [0.05, 0.1) is 5.56 Å². The topological polar surface area (TPSA) is 118 Å². The highest BCUT2D eigenvalue weighted by Gasteiger charge is 2.13. The molecule has 0 saturated heterocycles. The van der Waals surface area contributed by atoms with Crippen LogP contribution in [0.2, 0.25) is 0 Å². The molecule has 2 N–H and O–H groups in total. The van der Waals surface area contributed by atoms with Crippen LogP contribution in [0.4, 0.5) is 0 Å². The van der Waals surface area contributed by atoms with E-state index in [9.17, 15) is 14.4 Å². The number of hydrogen-bond donors (Lipinski definition) is 2. The minimum Gasteiger partial charge on any atom is -0.478 e. The fourth-order valence-electron chi connectivity index (χ4n) is 1.28. The van der Waals surface area contributed by atoms with Crippen molar-refractivity contribution in [2.24, 2.45) is 7.05 Å². The van der Waals surface area contributed by atoms with Crippen LogP contribution in [0.25, 0.3) is 0 Å². The van der Waals surface area contributed by atoms with E-state index in [2.05, 4.69) is 15.1 Å². The molecule has 0 atom stereocenters. The largest absolute Gasteiger partial charge is 0.478 e. The minimum absolute atomic E-state index is 0.00653. The Bertz CT molecular complexity index is 752. The third-order valence-corrected chi connectivity index (χ3v) is 3.28. The van der Waals surface area contributed by atoms with Crippen molar-refractivity contribution in [1.29, 1.82) is 0 Å². The molecule has 8 nitrogen and oxygen atoms in total. The lowest BCUT2D eigenvalue weighted by Crippen LogP contribution is -2.33. The average molecular weight is 280 g/mol. The van der Waals surface area contributed by atoms with E-state index in [1.54, 1.807) is 0 Å². The molecule has 9 heteroatoms. The van der Waals surface area contributed by atoms with Crippen molar-refractivity contribution in [2.75, 3.05) is 0 Å². The molecule has 0 amide bonds. The fourth-order valence-corrected chi connectivity index (χ4v) is 2.17. The average Bonchev–Trinajstić information content (AvgIpc) is 2.36. The molecule has 0 saturated carbocycles. The summed E-state index contributed by atoms with van der Waals surface area (Å²) in [6.45, 7) is 0. The van der Waals surface area contributed by atoms with Crippen LogP contribution < -0.4 is 11.1 Å². The van der Waals surface area contributed by atoms with Gasteiger partial charge in [-0.3, -0.25) is 24.4 Å². The van der Waals surface area contributed by atoms with E-state index < -0.39 is 17.1 Å². The van der Waals surface area contributed by atoms with Crippen molar-refractivity contribution < 1.29 is 9.90 Å². The molecule has 0 aliphatic rings. The van der Waals surface area contributed by atoms with E-state index in [1.165, 1.54) is 30.2 Å². The summed E-state index contributed by atoms with van der Waals surface area (Å²) in [6.07, 6.45) is 2.63. The normalized spacial score (nSPS) is 10.4. The molecule has 0 radical (unpaired) electrons. The van der Waals surface area contributed by atoms with Crippen LogP contribution in [0.1, 0.15) is 10.4 Å². The van der Waals surface area contributed by atoms with Gasteiger partial charge >= 0.3 is 17.1 Å². The molecule has 0 unspecified atom stereocenters. The third-order valence-electron chi connectivity index (χ3n) is 2.16. The SMILES string of the molecule is Cn1[nH]c(=O)c(=O)nc1Sc1ccncc1C(=O)O. The Labute approximate surface area is 110 Å². The standard InChI is InChI=1S/C10H8N4O4S/c1-14-10(12-7(15)8(16)13-14)19-6-2-3-11-4-5(6)9(17)18/h2-4H,1H3,(H,13,16)(H,17,18). The number of hydrogen-bond acceptors (Lipinski definition) is 6. The highest BCUT2D eigenvalue weighted by atomic mass is 32.2. The van der Waals surface area contributed by atoms with Crippen molar-refractivity contribution in [2.45, 2.75) is 10.1 Å². The van der Waals surface area contributed by atoms with Gasteiger partial charge in [-0.1, -0.05) is 0 Å². The monoisotopic (exact) mass is 280 g/mol. The molecule has 0 fully saturated rings. The lowest BCUT2D eigenvalue weighted by Gasteiger charge is -2.07. The molecule has 0 aliphatic carbocycles. The van der Waals surface area contributed by atoms with Crippen LogP contribution in [0, 0.1) is 0 Å². The summed E-state index contributed by atoms with van der Waals surface area (Å²) < 4.78 is 1.25. The number of carboxylic acid groups (broad SMARTS) is 1. The number of H-pyrrole nitrogens is 1. The van der Waals surface area contributed by atoms with Crippen LogP contribution in [0.15, 0.2) is 38.1 Å². The second-order valence-electron chi connectivity index (χ2n) is 3.48. The summed E-state index contributed by atoms with van der Waals surface area (Å²) in [5.74, 6) is -1.13. The van der Waals surface area contributed by atoms with Gasteiger partial charge in [-0.15, -0.1) is 0 Å². The number of rotatable bonds is 3. The lowest BCUT2D eigenvalue weighted by molar-refractivity contribution is 0.0692. The molecule has 2 aromatic heterocycles. The van der Waals surface area contributed by atoms with Gasteiger partial charge in [0.25, 0.3) is 0 Å². The molecule has 2 aromatic rings. The summed E-state index contributed by atoms with van der Waals surface area (Å²) in [7, 11) is 1.50. The maximum absolute atomic E-state index is 11.2. The molecule has 2 rings (SSSR count). The first-order valence-corrected chi connectivity index (χ1v) is 5.83. The van der Waals surface area contributed by atoms with Crippen molar-refractivity contribution in [3.63, 3.8) is 0 Å². The number of carbonyl (C=O) groups is 1. The van der Waals surface area contributed by atoms with Gasteiger partial charge in [-0.2, -0.15) is 4.98 Å². The van der Waals surface area contributed by atoms with Gasteiger partial charge in [0.2, 0.25) is 0 Å². The van der Waals surface area contributed by atoms with Gasteiger partial charge in [-0.05, 0) is 17.8 Å². The van der Waals surface area contributed by atoms with Crippen molar-refractivity contribution in [3.8, 4) is 0 Å². The van der Waals surface area contributed by atoms with Crippen LogP contribution in [-0.2, 0) is 7.05 Å². The predicted molar refractivity (Wildman–Crippen MR) is 65.4 cm³/mol. The van der Waals surface area contributed by atoms with E-state index in [-0.39, 0.29) is 10.7 Å². The van der Waals surface area contributed by atoms with E-state index >= 15 is 0 Å². The zero-order valence-corrected chi connectivity index (χ0v) is 10.5. The molecular weight excluding hydrogens is 272 g/mol. The number of nitrogens with one attached hydrogen (secondary N) is 1. The highest BCUT2D eigenvalue weighted by molar-refractivity contribution is 7.99. The Hall–Kier alpha value is -2.42. The summed E-state index contributed by atoms with van der Waals surface area (Å²) in [4.78, 5) is 40.9. The summed E-state index contributed by atoms with van der Waals surface area (Å²) in [6, 6.07) is 1.49. The lowest BCUT2D eigenvalue weighted by atomic mass is 10.3. The van der Waals surface area contributed by atoms with E-state index in [0.29, 0.717) is 4.90 Å². The summed E-state index contributed by atoms with van der Waals surface area (Å²) in [5.41, 5.74) is -1.76. The number of carboxylic acids is 1. The molecule has 0 spiro atoms. The zero-order chi connectivity index (χ0) is 14.0. The van der Waals surface area contributed by atoms with Crippen LogP contribution in [0.5, 0.6) is 0 Å². The van der Waals surface area contributed by atoms with Gasteiger partial charge < -0.3 is 5.11 Å². The molecule has 0 aromatic carbocycles. The van der Waals surface area contributed by atoms with Crippen molar-refractivity contribution in [1.82, 2.24) is 19.7 Å². The predicted octanol–water partition coefficient (Wildman–Crippen LogP) is -0.287. The van der Waals surface area contributed by atoms with Gasteiger partial charge in [0.1, 0.15) is 0 Å². The van der Waals surface area contributed by atoms with E-state index in [4.69, 9.17) is 5.11 Å². The Morgan fingerprint density at radius 3 is 2.89 bits per heavy atom. The minimum atomic E-state index is -1.13. The van der Waals surface area contributed by atoms with Crippen LogP contribution >= 0.6 is 11.8 Å². The molecule has 0 aliphatic heterocycles. The molecular formula is C10H8N4O4S. The molecule has 98 valence electrons. The maximum atomic E-state index is 11.2. The van der Waals surface area contributed by atoms with Crippen LogP contribution in [-0.4, -0.2) is 30.8 Å².